The first-order valence-electron chi connectivity index (χ1n) is 4.86. The number of hydrogen-bond acceptors (Lipinski definition) is 5. The van der Waals surface area contributed by atoms with E-state index >= 15 is 0 Å². The summed E-state index contributed by atoms with van der Waals surface area (Å²) in [5.74, 6) is -0.666. The lowest BCUT2D eigenvalue weighted by Gasteiger charge is -2.05. The summed E-state index contributed by atoms with van der Waals surface area (Å²) in [5.41, 5.74) is 4.33. The van der Waals surface area contributed by atoms with Crippen molar-refractivity contribution >= 4 is 21.6 Å². The summed E-state index contributed by atoms with van der Waals surface area (Å²) in [6.45, 7) is -0.205. The molecular formula is C9H11N3O5S. The average molecular weight is 273 g/mol. The number of carbonyl (C=O) groups is 1. The average Bonchev–Trinajstić information content (AvgIpc) is 2.28. The van der Waals surface area contributed by atoms with Gasteiger partial charge in [-0.05, 0) is 6.07 Å². The Morgan fingerprint density at radius 1 is 1.39 bits per heavy atom. The fourth-order valence-corrected chi connectivity index (χ4v) is 2.42. The molecule has 0 aromatic heterocycles. The van der Waals surface area contributed by atoms with Crippen molar-refractivity contribution in [2.45, 2.75) is 11.3 Å². The highest BCUT2D eigenvalue weighted by Gasteiger charge is 2.24. The maximum Gasteiger partial charge on any atom is 0.289 e. The number of sulfonamides is 1. The van der Waals surface area contributed by atoms with Crippen LogP contribution in [-0.4, -0.2) is 25.8 Å². The summed E-state index contributed by atoms with van der Waals surface area (Å²) in [6, 6.07) is 4.93. The number of nitro groups is 1. The van der Waals surface area contributed by atoms with Crippen LogP contribution in [-0.2, 0) is 14.8 Å². The monoisotopic (exact) mass is 273 g/mol. The fraction of sp³-hybridized carbons (Fsp3) is 0.222. The standard InChI is InChI=1S/C9H11N3O5S/c10-9(13)5-6-11-18(16,17)8-4-2-1-3-7(8)12(14)15/h1-4,11H,5-6H2,(H2,10,13). The van der Waals surface area contributed by atoms with Gasteiger partial charge in [0.25, 0.3) is 5.69 Å². The highest BCUT2D eigenvalue weighted by molar-refractivity contribution is 7.89. The van der Waals surface area contributed by atoms with Crippen molar-refractivity contribution in [1.29, 1.82) is 0 Å². The summed E-state index contributed by atoms with van der Waals surface area (Å²) in [6.07, 6.45) is -0.181. The van der Waals surface area contributed by atoms with Gasteiger partial charge in [-0.1, -0.05) is 12.1 Å². The smallest absolute Gasteiger partial charge is 0.289 e. The molecule has 1 aromatic carbocycles. The summed E-state index contributed by atoms with van der Waals surface area (Å²) in [5, 5.41) is 10.7. The molecule has 0 radical (unpaired) electrons. The maximum absolute atomic E-state index is 11.8. The number of amides is 1. The third kappa shape index (κ3) is 3.50. The van der Waals surface area contributed by atoms with Crippen LogP contribution < -0.4 is 10.5 Å². The molecule has 0 heterocycles. The van der Waals surface area contributed by atoms with Crippen molar-refractivity contribution < 1.29 is 18.1 Å². The van der Waals surface area contributed by atoms with Crippen molar-refractivity contribution in [2.75, 3.05) is 6.54 Å². The Bertz CT molecular complexity index is 569. The Morgan fingerprint density at radius 2 is 2.00 bits per heavy atom. The maximum atomic E-state index is 11.8. The first-order chi connectivity index (χ1) is 8.34. The molecule has 0 aliphatic heterocycles. The molecule has 0 fully saturated rings. The van der Waals surface area contributed by atoms with E-state index in [0.29, 0.717) is 0 Å². The molecule has 0 aliphatic rings. The van der Waals surface area contributed by atoms with Gasteiger partial charge in [-0.2, -0.15) is 0 Å². The van der Waals surface area contributed by atoms with E-state index < -0.39 is 31.4 Å². The van der Waals surface area contributed by atoms with Gasteiger partial charge in [0.05, 0.1) is 4.92 Å². The van der Waals surface area contributed by atoms with Crippen LogP contribution in [0.5, 0.6) is 0 Å². The number of para-hydroxylation sites is 1. The number of nitrogens with two attached hydrogens (primary N) is 1. The minimum absolute atomic E-state index is 0.181. The predicted octanol–water partition coefficient (Wildman–Crippen LogP) is -0.251. The Hall–Kier alpha value is -2.00. The molecule has 0 saturated carbocycles. The summed E-state index contributed by atoms with van der Waals surface area (Å²) < 4.78 is 25.6. The van der Waals surface area contributed by atoms with Gasteiger partial charge in [0.1, 0.15) is 0 Å². The van der Waals surface area contributed by atoms with Crippen LogP contribution in [0.4, 0.5) is 5.69 Å². The van der Waals surface area contributed by atoms with Gasteiger partial charge in [0, 0.05) is 19.0 Å². The van der Waals surface area contributed by atoms with Crippen molar-refractivity contribution in [3.05, 3.63) is 34.4 Å². The molecule has 1 amide bonds. The van der Waals surface area contributed by atoms with Gasteiger partial charge >= 0.3 is 0 Å². The zero-order valence-corrected chi connectivity index (χ0v) is 10.0. The largest absolute Gasteiger partial charge is 0.370 e. The Balaban J connectivity index is 2.98. The van der Waals surface area contributed by atoms with E-state index in [4.69, 9.17) is 5.73 Å². The number of nitrogens with one attached hydrogen (secondary N) is 1. The number of nitro benzene ring substituents is 1. The number of nitrogens with zero attached hydrogens (tertiary/aromatic N) is 1. The van der Waals surface area contributed by atoms with Crippen LogP contribution in [0, 0.1) is 10.1 Å². The number of benzene rings is 1. The quantitative estimate of drug-likeness (QED) is 0.544. The second-order valence-electron chi connectivity index (χ2n) is 3.34. The lowest BCUT2D eigenvalue weighted by atomic mass is 10.3. The minimum atomic E-state index is -4.03. The molecule has 0 spiro atoms. The van der Waals surface area contributed by atoms with E-state index in [2.05, 4.69) is 4.72 Å². The first-order valence-corrected chi connectivity index (χ1v) is 6.34. The summed E-state index contributed by atoms with van der Waals surface area (Å²) in [4.78, 5) is 19.9. The Kier molecular flexibility index (Phi) is 4.34. The van der Waals surface area contributed by atoms with Crippen molar-refractivity contribution in [3.8, 4) is 0 Å². The highest BCUT2D eigenvalue weighted by atomic mass is 32.2. The van der Waals surface area contributed by atoms with Gasteiger partial charge in [-0.3, -0.25) is 14.9 Å². The van der Waals surface area contributed by atoms with E-state index in [9.17, 15) is 23.3 Å². The normalized spacial score (nSPS) is 11.1. The SMILES string of the molecule is NC(=O)CCNS(=O)(=O)c1ccccc1[N+](=O)[O-]. The lowest BCUT2D eigenvalue weighted by Crippen LogP contribution is -2.28. The van der Waals surface area contributed by atoms with E-state index in [1.54, 1.807) is 0 Å². The third-order valence-electron chi connectivity index (χ3n) is 2.01. The highest BCUT2D eigenvalue weighted by Crippen LogP contribution is 2.22. The summed E-state index contributed by atoms with van der Waals surface area (Å²) in [7, 11) is -4.03. The zero-order chi connectivity index (χ0) is 13.8. The lowest BCUT2D eigenvalue weighted by molar-refractivity contribution is -0.387. The second kappa shape index (κ2) is 5.56. The van der Waals surface area contributed by atoms with Crippen LogP contribution in [0.25, 0.3) is 0 Å². The van der Waals surface area contributed by atoms with Crippen molar-refractivity contribution in [1.82, 2.24) is 4.72 Å². The van der Waals surface area contributed by atoms with Crippen LogP contribution in [0.1, 0.15) is 6.42 Å². The van der Waals surface area contributed by atoms with Crippen LogP contribution in [0.3, 0.4) is 0 Å². The third-order valence-corrected chi connectivity index (χ3v) is 3.52. The minimum Gasteiger partial charge on any atom is -0.370 e. The fourth-order valence-electron chi connectivity index (χ4n) is 1.22. The van der Waals surface area contributed by atoms with Crippen molar-refractivity contribution in [2.24, 2.45) is 5.73 Å². The molecule has 9 heteroatoms. The molecule has 0 unspecified atom stereocenters. The molecule has 3 N–H and O–H groups in total. The second-order valence-corrected chi connectivity index (χ2v) is 5.07. The molecular weight excluding hydrogens is 262 g/mol. The van der Waals surface area contributed by atoms with Gasteiger partial charge in [-0.15, -0.1) is 0 Å². The topological polar surface area (TPSA) is 132 Å². The van der Waals surface area contributed by atoms with Gasteiger partial charge in [0.15, 0.2) is 4.90 Å². The van der Waals surface area contributed by atoms with E-state index in [1.807, 2.05) is 0 Å². The van der Waals surface area contributed by atoms with Gasteiger partial charge in [-0.25, -0.2) is 13.1 Å². The van der Waals surface area contributed by atoms with Crippen molar-refractivity contribution in [3.63, 3.8) is 0 Å². The van der Waals surface area contributed by atoms with Gasteiger partial charge in [0.2, 0.25) is 15.9 Å². The molecule has 8 nitrogen and oxygen atoms in total. The first kappa shape index (κ1) is 14.1. The van der Waals surface area contributed by atoms with E-state index in [1.165, 1.54) is 12.1 Å². The van der Waals surface area contributed by atoms with Crippen LogP contribution >= 0.6 is 0 Å². The molecule has 0 bridgehead atoms. The molecule has 1 aromatic rings. The van der Waals surface area contributed by atoms with Crippen LogP contribution in [0.15, 0.2) is 29.2 Å². The molecule has 98 valence electrons. The number of carbonyl (C=O) groups excluding carboxylic acids is 1. The predicted molar refractivity (Wildman–Crippen MR) is 62.1 cm³/mol. The molecule has 0 atom stereocenters. The molecule has 0 saturated heterocycles. The van der Waals surface area contributed by atoms with Crippen LogP contribution in [0.2, 0.25) is 0 Å². The van der Waals surface area contributed by atoms with E-state index in [-0.39, 0.29) is 13.0 Å². The van der Waals surface area contributed by atoms with Gasteiger partial charge < -0.3 is 5.73 Å². The number of primary amides is 1. The zero-order valence-electron chi connectivity index (χ0n) is 9.20. The molecule has 0 aliphatic carbocycles. The Labute approximate surface area is 103 Å². The number of rotatable bonds is 6. The summed E-state index contributed by atoms with van der Waals surface area (Å²) >= 11 is 0. The number of hydrogen-bond donors (Lipinski definition) is 2. The van der Waals surface area contributed by atoms with E-state index in [0.717, 1.165) is 12.1 Å². The Morgan fingerprint density at radius 3 is 2.56 bits per heavy atom. The molecule has 1 rings (SSSR count). The molecule has 18 heavy (non-hydrogen) atoms.